The molecule has 0 aliphatic heterocycles. The van der Waals surface area contributed by atoms with Crippen LogP contribution in [0.2, 0.25) is 0 Å². The van der Waals surface area contributed by atoms with Crippen LogP contribution in [0.25, 0.3) is 0 Å². The molecule has 1 atom stereocenters. The number of nitrogens with zero attached hydrogens (tertiary/aromatic N) is 1. The van der Waals surface area contributed by atoms with E-state index >= 15 is 0 Å². The van der Waals surface area contributed by atoms with Crippen LogP contribution in [0.1, 0.15) is 31.4 Å². The highest BCUT2D eigenvalue weighted by molar-refractivity contribution is 5.29. The van der Waals surface area contributed by atoms with Gasteiger partial charge in [-0.25, -0.2) is 0 Å². The summed E-state index contributed by atoms with van der Waals surface area (Å²) in [6.45, 7) is 2.83. The Morgan fingerprint density at radius 3 is 2.47 bits per heavy atom. The summed E-state index contributed by atoms with van der Waals surface area (Å²) >= 11 is 0. The van der Waals surface area contributed by atoms with Crippen LogP contribution in [0, 0.1) is 0 Å². The lowest BCUT2D eigenvalue weighted by molar-refractivity contribution is 0.142. The zero-order chi connectivity index (χ0) is 12.3. The van der Waals surface area contributed by atoms with E-state index in [1.165, 1.54) is 12.8 Å². The van der Waals surface area contributed by atoms with Gasteiger partial charge in [-0.2, -0.15) is 0 Å². The number of hydrogen-bond acceptors (Lipinski definition) is 3. The van der Waals surface area contributed by atoms with Crippen molar-refractivity contribution in [2.75, 3.05) is 20.3 Å². The van der Waals surface area contributed by atoms with E-state index in [1.807, 2.05) is 31.2 Å². The van der Waals surface area contributed by atoms with E-state index in [0.717, 1.165) is 11.3 Å². The Balaban J connectivity index is 2.07. The van der Waals surface area contributed by atoms with Crippen molar-refractivity contribution >= 4 is 0 Å². The average Bonchev–Trinajstić information content (AvgIpc) is 3.16. The molecule has 0 amide bonds. The van der Waals surface area contributed by atoms with Gasteiger partial charge in [0.1, 0.15) is 5.75 Å². The number of aliphatic hydroxyl groups excluding tert-OH is 1. The minimum atomic E-state index is 0.109. The Bertz CT molecular complexity index is 346. The Kier molecular flexibility index (Phi) is 4.02. The molecule has 1 N–H and O–H groups in total. The molecule has 1 aliphatic rings. The first-order valence-electron chi connectivity index (χ1n) is 6.31. The van der Waals surface area contributed by atoms with Gasteiger partial charge in [-0.15, -0.1) is 0 Å². The fourth-order valence-electron chi connectivity index (χ4n) is 2.16. The standard InChI is InChI=1S/C14H21NO2/c1-3-17-13-8-4-11(5-9-13)14(10-16)15(2)12-6-7-12/h4-5,8-9,12,14,16H,3,6-7,10H2,1-2H3. The van der Waals surface area contributed by atoms with Crippen molar-refractivity contribution in [3.63, 3.8) is 0 Å². The molecule has 17 heavy (non-hydrogen) atoms. The lowest BCUT2D eigenvalue weighted by Gasteiger charge is -2.26. The molecule has 2 rings (SSSR count). The molecule has 1 aromatic carbocycles. The second-order valence-electron chi connectivity index (χ2n) is 4.60. The second-order valence-corrected chi connectivity index (χ2v) is 4.60. The van der Waals surface area contributed by atoms with Crippen LogP contribution >= 0.6 is 0 Å². The van der Waals surface area contributed by atoms with Crippen LogP contribution in [-0.4, -0.2) is 36.3 Å². The number of benzene rings is 1. The van der Waals surface area contributed by atoms with Crippen LogP contribution in [-0.2, 0) is 0 Å². The summed E-state index contributed by atoms with van der Waals surface area (Å²) in [6, 6.07) is 8.80. The first kappa shape index (κ1) is 12.4. The molecule has 0 saturated heterocycles. The highest BCUT2D eigenvalue weighted by Gasteiger charge is 2.31. The molecule has 1 unspecified atom stereocenters. The predicted octanol–water partition coefficient (Wildman–Crippen LogP) is 2.21. The number of rotatable bonds is 6. The van der Waals surface area contributed by atoms with E-state index in [0.29, 0.717) is 12.6 Å². The van der Waals surface area contributed by atoms with E-state index in [9.17, 15) is 5.11 Å². The average molecular weight is 235 g/mol. The maximum Gasteiger partial charge on any atom is 0.119 e. The van der Waals surface area contributed by atoms with Gasteiger partial charge in [0.25, 0.3) is 0 Å². The summed E-state index contributed by atoms with van der Waals surface area (Å²) in [5, 5.41) is 9.53. The molecule has 3 nitrogen and oxygen atoms in total. The van der Waals surface area contributed by atoms with Crippen molar-refractivity contribution in [2.45, 2.75) is 31.8 Å². The first-order chi connectivity index (χ1) is 8.26. The van der Waals surface area contributed by atoms with Crippen LogP contribution in [0.3, 0.4) is 0 Å². The molecule has 0 bridgehead atoms. The van der Waals surface area contributed by atoms with Gasteiger partial charge >= 0.3 is 0 Å². The van der Waals surface area contributed by atoms with Gasteiger partial charge in [0.2, 0.25) is 0 Å². The van der Waals surface area contributed by atoms with Gasteiger partial charge in [0, 0.05) is 6.04 Å². The number of aliphatic hydroxyl groups is 1. The smallest absolute Gasteiger partial charge is 0.119 e. The van der Waals surface area contributed by atoms with E-state index in [-0.39, 0.29) is 12.6 Å². The van der Waals surface area contributed by atoms with Crippen molar-refractivity contribution in [2.24, 2.45) is 0 Å². The second kappa shape index (κ2) is 5.52. The number of ether oxygens (including phenoxy) is 1. The molecular formula is C14H21NO2. The maximum absolute atomic E-state index is 9.53. The van der Waals surface area contributed by atoms with Gasteiger partial charge < -0.3 is 9.84 Å². The molecule has 0 radical (unpaired) electrons. The predicted molar refractivity (Wildman–Crippen MR) is 68.2 cm³/mol. The fraction of sp³-hybridized carbons (Fsp3) is 0.571. The van der Waals surface area contributed by atoms with E-state index in [4.69, 9.17) is 4.74 Å². The minimum Gasteiger partial charge on any atom is -0.494 e. The lowest BCUT2D eigenvalue weighted by atomic mass is 10.1. The van der Waals surface area contributed by atoms with Crippen LogP contribution in [0.5, 0.6) is 5.75 Å². The number of hydrogen-bond donors (Lipinski definition) is 1. The van der Waals surface area contributed by atoms with Gasteiger partial charge in [0.05, 0.1) is 19.3 Å². The van der Waals surface area contributed by atoms with Crippen molar-refractivity contribution in [3.05, 3.63) is 29.8 Å². The monoisotopic (exact) mass is 235 g/mol. The third kappa shape index (κ3) is 2.99. The largest absolute Gasteiger partial charge is 0.494 e. The molecule has 3 heteroatoms. The van der Waals surface area contributed by atoms with E-state index in [2.05, 4.69) is 11.9 Å². The van der Waals surface area contributed by atoms with Gasteiger partial charge in [-0.1, -0.05) is 12.1 Å². The van der Waals surface area contributed by atoms with Crippen LogP contribution < -0.4 is 4.74 Å². The molecular weight excluding hydrogens is 214 g/mol. The third-order valence-corrected chi connectivity index (χ3v) is 3.36. The summed E-state index contributed by atoms with van der Waals surface area (Å²) in [6.07, 6.45) is 2.51. The van der Waals surface area contributed by atoms with Crippen molar-refractivity contribution < 1.29 is 9.84 Å². The summed E-state index contributed by atoms with van der Waals surface area (Å²) in [4.78, 5) is 2.27. The highest BCUT2D eigenvalue weighted by Crippen LogP contribution is 2.33. The van der Waals surface area contributed by atoms with E-state index < -0.39 is 0 Å². The molecule has 94 valence electrons. The Morgan fingerprint density at radius 2 is 2.00 bits per heavy atom. The number of likely N-dealkylation sites (N-methyl/N-ethyl adjacent to an activating group) is 1. The topological polar surface area (TPSA) is 32.7 Å². The molecule has 1 fully saturated rings. The third-order valence-electron chi connectivity index (χ3n) is 3.36. The molecule has 1 saturated carbocycles. The molecule has 0 spiro atoms. The summed E-state index contributed by atoms with van der Waals surface area (Å²) < 4.78 is 5.42. The van der Waals surface area contributed by atoms with Crippen LogP contribution in [0.15, 0.2) is 24.3 Å². The zero-order valence-electron chi connectivity index (χ0n) is 10.6. The van der Waals surface area contributed by atoms with Crippen molar-refractivity contribution in [1.29, 1.82) is 0 Å². The summed E-state index contributed by atoms with van der Waals surface area (Å²) in [5.41, 5.74) is 1.16. The summed E-state index contributed by atoms with van der Waals surface area (Å²) in [7, 11) is 2.09. The Labute approximate surface area is 103 Å². The van der Waals surface area contributed by atoms with Gasteiger partial charge in [-0.05, 0) is 44.5 Å². The SMILES string of the molecule is CCOc1ccc(C(CO)N(C)C2CC2)cc1. The molecule has 0 heterocycles. The van der Waals surface area contributed by atoms with Crippen molar-refractivity contribution in [1.82, 2.24) is 4.90 Å². The highest BCUT2D eigenvalue weighted by atomic mass is 16.5. The fourth-order valence-corrected chi connectivity index (χ4v) is 2.16. The minimum absolute atomic E-state index is 0.109. The first-order valence-corrected chi connectivity index (χ1v) is 6.31. The Morgan fingerprint density at radius 1 is 1.35 bits per heavy atom. The van der Waals surface area contributed by atoms with Crippen molar-refractivity contribution in [3.8, 4) is 5.75 Å². The van der Waals surface area contributed by atoms with Gasteiger partial charge in [-0.3, -0.25) is 4.90 Å². The van der Waals surface area contributed by atoms with E-state index in [1.54, 1.807) is 0 Å². The molecule has 0 aromatic heterocycles. The molecule has 1 aromatic rings. The molecule has 1 aliphatic carbocycles. The van der Waals surface area contributed by atoms with Crippen LogP contribution in [0.4, 0.5) is 0 Å². The lowest BCUT2D eigenvalue weighted by Crippen LogP contribution is -2.29. The zero-order valence-corrected chi connectivity index (χ0v) is 10.6. The quantitative estimate of drug-likeness (QED) is 0.820. The normalized spacial score (nSPS) is 17.2. The van der Waals surface area contributed by atoms with Gasteiger partial charge in [0.15, 0.2) is 0 Å². The Hall–Kier alpha value is -1.06. The summed E-state index contributed by atoms with van der Waals surface area (Å²) in [5.74, 6) is 0.891. The maximum atomic E-state index is 9.53.